The standard InChI is InChI=1S/C28H24N2O5/c1-32-22-10-11-23(26(17-22)33-2)24(31)12-8-20-18-30(21-6-4-3-5-7-21)29-28(20)19-9-13-25-27(16-19)35-15-14-34-25/h3-13,16-18H,14-15H2,1-2H3. The van der Waals surface area contributed by atoms with E-state index < -0.39 is 0 Å². The summed E-state index contributed by atoms with van der Waals surface area (Å²) in [5.74, 6) is 2.27. The van der Waals surface area contributed by atoms with Crippen LogP contribution < -0.4 is 18.9 Å². The zero-order valence-electron chi connectivity index (χ0n) is 19.4. The van der Waals surface area contributed by atoms with Crippen LogP contribution in [0.3, 0.4) is 0 Å². The van der Waals surface area contributed by atoms with E-state index in [2.05, 4.69) is 0 Å². The highest BCUT2D eigenvalue weighted by atomic mass is 16.6. The van der Waals surface area contributed by atoms with E-state index >= 15 is 0 Å². The first-order valence-corrected chi connectivity index (χ1v) is 11.2. The average molecular weight is 469 g/mol. The summed E-state index contributed by atoms with van der Waals surface area (Å²) in [6.45, 7) is 1.03. The fraction of sp³-hybridized carbons (Fsp3) is 0.143. The van der Waals surface area contributed by atoms with Crippen molar-refractivity contribution in [1.82, 2.24) is 9.78 Å². The van der Waals surface area contributed by atoms with Gasteiger partial charge in [-0.25, -0.2) is 4.68 Å². The molecule has 0 fully saturated rings. The third kappa shape index (κ3) is 4.61. The molecule has 0 unspecified atom stereocenters. The van der Waals surface area contributed by atoms with Gasteiger partial charge in [0, 0.05) is 23.4 Å². The van der Waals surface area contributed by atoms with Gasteiger partial charge < -0.3 is 18.9 Å². The molecule has 1 aliphatic heterocycles. The lowest BCUT2D eigenvalue weighted by Crippen LogP contribution is -2.15. The lowest BCUT2D eigenvalue weighted by Gasteiger charge is -2.18. The fourth-order valence-electron chi connectivity index (χ4n) is 3.89. The van der Waals surface area contributed by atoms with Crippen molar-refractivity contribution in [3.8, 4) is 39.9 Å². The second-order valence-electron chi connectivity index (χ2n) is 7.84. The molecule has 0 amide bonds. The van der Waals surface area contributed by atoms with E-state index in [9.17, 15) is 4.79 Å². The Labute approximate surface area is 203 Å². The number of ketones is 1. The number of methoxy groups -OCH3 is 2. The number of hydrogen-bond donors (Lipinski definition) is 0. The topological polar surface area (TPSA) is 71.8 Å². The molecule has 0 saturated heterocycles. The summed E-state index contributed by atoms with van der Waals surface area (Å²) in [6, 6.07) is 20.7. The largest absolute Gasteiger partial charge is 0.497 e. The van der Waals surface area contributed by atoms with Gasteiger partial charge in [-0.1, -0.05) is 18.2 Å². The SMILES string of the molecule is COc1ccc(C(=O)C=Cc2cn(-c3ccccc3)nc2-c2ccc3c(c2)OCCO3)c(OC)c1. The van der Waals surface area contributed by atoms with Gasteiger partial charge in [-0.2, -0.15) is 5.10 Å². The fourth-order valence-corrected chi connectivity index (χ4v) is 3.89. The van der Waals surface area contributed by atoms with Crippen LogP contribution in [0.15, 0.2) is 79.0 Å². The molecule has 0 saturated carbocycles. The summed E-state index contributed by atoms with van der Waals surface area (Å²) < 4.78 is 23.8. The maximum atomic E-state index is 13.0. The monoisotopic (exact) mass is 468 g/mol. The van der Waals surface area contributed by atoms with Crippen LogP contribution in [0.2, 0.25) is 0 Å². The Balaban J connectivity index is 1.53. The van der Waals surface area contributed by atoms with Crippen molar-refractivity contribution in [2.24, 2.45) is 0 Å². The maximum Gasteiger partial charge on any atom is 0.189 e. The van der Waals surface area contributed by atoms with Gasteiger partial charge in [-0.3, -0.25) is 4.79 Å². The molecular formula is C28H24N2O5. The van der Waals surface area contributed by atoms with Crippen LogP contribution in [0.5, 0.6) is 23.0 Å². The first-order valence-electron chi connectivity index (χ1n) is 11.2. The Morgan fingerprint density at radius 1 is 0.943 bits per heavy atom. The molecule has 7 nitrogen and oxygen atoms in total. The molecule has 1 aromatic heterocycles. The molecule has 0 radical (unpaired) electrons. The lowest BCUT2D eigenvalue weighted by atomic mass is 10.0. The molecule has 176 valence electrons. The minimum absolute atomic E-state index is 0.190. The maximum absolute atomic E-state index is 13.0. The zero-order chi connectivity index (χ0) is 24.2. The highest BCUT2D eigenvalue weighted by Gasteiger charge is 2.17. The number of carbonyl (C=O) groups is 1. The van der Waals surface area contributed by atoms with E-state index in [0.717, 1.165) is 22.5 Å². The minimum Gasteiger partial charge on any atom is -0.497 e. The average Bonchev–Trinajstić information content (AvgIpc) is 3.36. The number of allylic oxidation sites excluding steroid dienone is 1. The summed E-state index contributed by atoms with van der Waals surface area (Å²) in [7, 11) is 3.10. The number of hydrogen-bond acceptors (Lipinski definition) is 6. The molecule has 7 heteroatoms. The van der Waals surface area contributed by atoms with Crippen molar-refractivity contribution in [2.75, 3.05) is 27.4 Å². The summed E-state index contributed by atoms with van der Waals surface area (Å²) in [4.78, 5) is 13.0. The Hall–Kier alpha value is -4.52. The molecule has 5 rings (SSSR count). The van der Waals surface area contributed by atoms with E-state index in [-0.39, 0.29) is 5.78 Å². The Morgan fingerprint density at radius 3 is 2.51 bits per heavy atom. The molecule has 0 atom stereocenters. The Kier molecular flexibility index (Phi) is 6.22. The van der Waals surface area contributed by atoms with Gasteiger partial charge in [0.2, 0.25) is 0 Å². The van der Waals surface area contributed by atoms with Gasteiger partial charge in [-0.15, -0.1) is 0 Å². The van der Waals surface area contributed by atoms with Gasteiger partial charge in [-0.05, 0) is 54.6 Å². The number of nitrogens with zero attached hydrogens (tertiary/aromatic N) is 2. The number of carbonyl (C=O) groups excluding carboxylic acids is 1. The molecule has 35 heavy (non-hydrogen) atoms. The lowest BCUT2D eigenvalue weighted by molar-refractivity contribution is 0.104. The van der Waals surface area contributed by atoms with Crippen molar-refractivity contribution in [1.29, 1.82) is 0 Å². The molecule has 1 aliphatic rings. The van der Waals surface area contributed by atoms with Crippen LogP contribution in [0.1, 0.15) is 15.9 Å². The van der Waals surface area contributed by atoms with Gasteiger partial charge in [0.15, 0.2) is 17.3 Å². The Morgan fingerprint density at radius 2 is 1.74 bits per heavy atom. The number of benzene rings is 3. The molecule has 4 aromatic rings. The van der Waals surface area contributed by atoms with Crippen LogP contribution >= 0.6 is 0 Å². The molecule has 3 aromatic carbocycles. The summed E-state index contributed by atoms with van der Waals surface area (Å²) in [5.41, 5.74) is 3.72. The second kappa shape index (κ2) is 9.77. The first kappa shape index (κ1) is 22.3. The highest BCUT2D eigenvalue weighted by molar-refractivity contribution is 6.09. The number of para-hydroxylation sites is 1. The minimum atomic E-state index is -0.190. The molecule has 0 bridgehead atoms. The Bertz CT molecular complexity index is 1390. The molecule has 0 spiro atoms. The predicted octanol–water partition coefficient (Wildman–Crippen LogP) is 5.22. The summed E-state index contributed by atoms with van der Waals surface area (Å²) in [6.07, 6.45) is 5.19. The van der Waals surface area contributed by atoms with E-state index in [0.29, 0.717) is 41.8 Å². The molecule has 0 aliphatic carbocycles. The van der Waals surface area contributed by atoms with Crippen molar-refractivity contribution < 1.29 is 23.7 Å². The van der Waals surface area contributed by atoms with E-state index in [1.807, 2.05) is 54.7 Å². The normalized spacial score (nSPS) is 12.5. The van der Waals surface area contributed by atoms with Gasteiger partial charge in [0.05, 0.1) is 25.5 Å². The quantitative estimate of drug-likeness (QED) is 0.273. The summed E-state index contributed by atoms with van der Waals surface area (Å²) in [5, 5.41) is 4.82. The van der Waals surface area contributed by atoms with E-state index in [1.165, 1.54) is 13.2 Å². The van der Waals surface area contributed by atoms with Gasteiger partial charge >= 0.3 is 0 Å². The van der Waals surface area contributed by atoms with Crippen molar-refractivity contribution >= 4 is 11.9 Å². The van der Waals surface area contributed by atoms with Crippen LogP contribution in [-0.4, -0.2) is 43.0 Å². The van der Waals surface area contributed by atoms with Crippen LogP contribution in [0.4, 0.5) is 0 Å². The highest BCUT2D eigenvalue weighted by Crippen LogP contribution is 2.36. The number of ether oxygens (including phenoxy) is 4. The van der Waals surface area contributed by atoms with Crippen LogP contribution in [-0.2, 0) is 0 Å². The van der Waals surface area contributed by atoms with Crippen LogP contribution in [0, 0.1) is 0 Å². The van der Waals surface area contributed by atoms with Gasteiger partial charge in [0.1, 0.15) is 30.4 Å². The van der Waals surface area contributed by atoms with Crippen molar-refractivity contribution in [3.05, 3.63) is 90.1 Å². The third-order valence-electron chi connectivity index (χ3n) is 5.67. The first-order chi connectivity index (χ1) is 17.2. The zero-order valence-corrected chi connectivity index (χ0v) is 19.4. The number of rotatable bonds is 7. The molecule has 0 N–H and O–H groups in total. The third-order valence-corrected chi connectivity index (χ3v) is 5.67. The predicted molar refractivity (Wildman–Crippen MR) is 133 cm³/mol. The van der Waals surface area contributed by atoms with E-state index in [1.54, 1.807) is 36.1 Å². The number of fused-ring (bicyclic) bond motifs is 1. The van der Waals surface area contributed by atoms with E-state index in [4.69, 9.17) is 24.0 Å². The molecular weight excluding hydrogens is 444 g/mol. The van der Waals surface area contributed by atoms with Crippen LogP contribution in [0.25, 0.3) is 23.0 Å². The van der Waals surface area contributed by atoms with Crippen molar-refractivity contribution in [3.63, 3.8) is 0 Å². The molecule has 2 heterocycles. The van der Waals surface area contributed by atoms with Gasteiger partial charge in [0.25, 0.3) is 0 Å². The van der Waals surface area contributed by atoms with Crippen molar-refractivity contribution in [2.45, 2.75) is 0 Å². The smallest absolute Gasteiger partial charge is 0.189 e. The number of aromatic nitrogens is 2. The second-order valence-corrected chi connectivity index (χ2v) is 7.84. The summed E-state index contributed by atoms with van der Waals surface area (Å²) >= 11 is 0.